The topological polar surface area (TPSA) is 107 Å². The van der Waals surface area contributed by atoms with Crippen LogP contribution in [-0.2, 0) is 4.79 Å². The Labute approximate surface area is 158 Å². The first-order chi connectivity index (χ1) is 11.2. The molecule has 0 saturated heterocycles. The molecule has 0 aromatic carbocycles. The summed E-state index contributed by atoms with van der Waals surface area (Å²) in [4.78, 5) is 10.3. The monoisotopic (exact) mass is 360 g/mol. The van der Waals surface area contributed by atoms with E-state index in [1.165, 1.54) is 83.5 Å². The van der Waals surface area contributed by atoms with Crippen molar-refractivity contribution in [2.45, 2.75) is 117 Å². The highest BCUT2D eigenvalue weighted by Crippen LogP contribution is 2.13. The largest absolute Gasteiger partial charge is 0.481 e. The Kier molecular flexibility index (Phi) is 39.4. The Bertz CT molecular complexity index is 246. The van der Waals surface area contributed by atoms with Gasteiger partial charge in [0.1, 0.15) is 0 Å². The maximum absolute atomic E-state index is 10.3. The number of rotatable bonds is 16. The van der Waals surface area contributed by atoms with Gasteiger partial charge < -0.3 is 17.4 Å². The van der Waals surface area contributed by atoms with Crippen molar-refractivity contribution in [3.63, 3.8) is 0 Å². The minimum absolute atomic E-state index is 0. The van der Waals surface area contributed by atoms with Crippen LogP contribution in [0, 0.1) is 0 Å². The Balaban J connectivity index is -0.000000409. The Morgan fingerprint density at radius 3 is 1.20 bits per heavy atom. The van der Waals surface area contributed by atoms with E-state index in [4.69, 9.17) is 5.11 Å². The SMILES string of the molecule is C=CC.CCCCCCCCCCCCCCCCCC(=O)O.N.N. The summed E-state index contributed by atoms with van der Waals surface area (Å²) in [6.45, 7) is 7.52. The molecule has 4 nitrogen and oxygen atoms in total. The molecule has 0 aromatic heterocycles. The molecule has 0 aliphatic carbocycles. The zero-order valence-electron chi connectivity index (χ0n) is 17.4. The van der Waals surface area contributed by atoms with Crippen molar-refractivity contribution in [2.24, 2.45) is 0 Å². The summed E-state index contributed by atoms with van der Waals surface area (Å²) in [5.41, 5.74) is 0. The van der Waals surface area contributed by atoms with Crippen LogP contribution in [0.2, 0.25) is 0 Å². The van der Waals surface area contributed by atoms with Crippen molar-refractivity contribution in [1.29, 1.82) is 0 Å². The number of hydrogen-bond acceptors (Lipinski definition) is 3. The second-order valence-corrected chi connectivity index (χ2v) is 6.50. The molecule has 7 N–H and O–H groups in total. The average Bonchev–Trinajstić information content (AvgIpc) is 2.51. The predicted octanol–water partition coefficient (Wildman–Crippen LogP) is 7.85. The molecule has 0 aliphatic heterocycles. The number of hydrogen-bond donors (Lipinski definition) is 3. The van der Waals surface area contributed by atoms with E-state index in [0.717, 1.165) is 12.8 Å². The molecule has 0 spiro atoms. The Morgan fingerprint density at radius 1 is 0.720 bits per heavy atom. The molecule has 0 heterocycles. The maximum atomic E-state index is 10.3. The third-order valence-electron chi connectivity index (χ3n) is 3.99. The number of carbonyl (C=O) groups is 1. The van der Waals surface area contributed by atoms with E-state index in [-0.39, 0.29) is 12.3 Å². The minimum Gasteiger partial charge on any atom is -0.481 e. The molecule has 154 valence electrons. The van der Waals surface area contributed by atoms with Gasteiger partial charge in [-0.1, -0.05) is 103 Å². The number of carboxylic acids is 1. The smallest absolute Gasteiger partial charge is 0.303 e. The van der Waals surface area contributed by atoms with Gasteiger partial charge in [-0.05, 0) is 13.3 Å². The van der Waals surface area contributed by atoms with Crippen LogP contribution in [0.3, 0.4) is 0 Å². The van der Waals surface area contributed by atoms with Crippen LogP contribution < -0.4 is 12.3 Å². The van der Waals surface area contributed by atoms with Gasteiger partial charge in [-0.3, -0.25) is 4.79 Å². The van der Waals surface area contributed by atoms with E-state index in [1.54, 1.807) is 6.08 Å². The fourth-order valence-electron chi connectivity index (χ4n) is 2.65. The van der Waals surface area contributed by atoms with Crippen molar-refractivity contribution in [3.8, 4) is 0 Å². The molecule has 0 radical (unpaired) electrons. The highest BCUT2D eigenvalue weighted by molar-refractivity contribution is 5.66. The second kappa shape index (κ2) is 31.0. The van der Waals surface area contributed by atoms with Gasteiger partial charge in [-0.15, -0.1) is 6.58 Å². The molecule has 4 heteroatoms. The van der Waals surface area contributed by atoms with Crippen LogP contribution in [0.4, 0.5) is 0 Å². The minimum atomic E-state index is -0.653. The molecular formula is C21H48N2O2. The fraction of sp³-hybridized carbons (Fsp3) is 0.857. The average molecular weight is 361 g/mol. The van der Waals surface area contributed by atoms with Gasteiger partial charge in [0.2, 0.25) is 0 Å². The van der Waals surface area contributed by atoms with Gasteiger partial charge in [-0.2, -0.15) is 0 Å². The summed E-state index contributed by atoms with van der Waals surface area (Å²) >= 11 is 0. The predicted molar refractivity (Wildman–Crippen MR) is 113 cm³/mol. The lowest BCUT2D eigenvalue weighted by Gasteiger charge is -2.03. The van der Waals surface area contributed by atoms with Crippen molar-refractivity contribution in [1.82, 2.24) is 12.3 Å². The summed E-state index contributed by atoms with van der Waals surface area (Å²) in [7, 11) is 0. The molecule has 0 bridgehead atoms. The van der Waals surface area contributed by atoms with Crippen LogP contribution in [0.15, 0.2) is 12.7 Å². The van der Waals surface area contributed by atoms with E-state index in [1.807, 2.05) is 6.92 Å². The van der Waals surface area contributed by atoms with Gasteiger partial charge in [0, 0.05) is 6.42 Å². The lowest BCUT2D eigenvalue weighted by atomic mass is 10.0. The third-order valence-corrected chi connectivity index (χ3v) is 3.99. The highest BCUT2D eigenvalue weighted by atomic mass is 16.4. The van der Waals surface area contributed by atoms with Gasteiger partial charge >= 0.3 is 5.97 Å². The first-order valence-electron chi connectivity index (χ1n) is 9.97. The van der Waals surface area contributed by atoms with Crippen LogP contribution in [-0.4, -0.2) is 11.1 Å². The van der Waals surface area contributed by atoms with Crippen LogP contribution in [0.5, 0.6) is 0 Å². The molecule has 0 saturated carbocycles. The third kappa shape index (κ3) is 39.7. The normalized spacial score (nSPS) is 9.20. The molecule has 0 rings (SSSR count). The first kappa shape index (κ1) is 31.9. The van der Waals surface area contributed by atoms with Crippen LogP contribution >= 0.6 is 0 Å². The van der Waals surface area contributed by atoms with Crippen molar-refractivity contribution >= 4 is 5.97 Å². The standard InChI is InChI=1S/C18H36O2.C3H6.2H3N/c1-2-3-4-5-6-7-8-9-10-11-12-13-14-15-16-17-18(19)20;1-3-2;;/h2-17H2,1H3,(H,19,20);3H,1H2,2H3;2*1H3. The van der Waals surface area contributed by atoms with Crippen LogP contribution in [0.25, 0.3) is 0 Å². The lowest BCUT2D eigenvalue weighted by molar-refractivity contribution is -0.137. The number of unbranched alkanes of at least 4 members (excludes halogenated alkanes) is 14. The van der Waals surface area contributed by atoms with E-state index in [0.29, 0.717) is 6.42 Å². The van der Waals surface area contributed by atoms with E-state index in [2.05, 4.69) is 13.5 Å². The Hall–Kier alpha value is -0.870. The van der Waals surface area contributed by atoms with E-state index < -0.39 is 5.97 Å². The molecule has 0 fully saturated rings. The Morgan fingerprint density at radius 2 is 0.960 bits per heavy atom. The molecule has 0 aliphatic rings. The highest BCUT2D eigenvalue weighted by Gasteiger charge is 1.97. The molecule has 0 atom stereocenters. The van der Waals surface area contributed by atoms with Crippen molar-refractivity contribution in [2.75, 3.05) is 0 Å². The van der Waals surface area contributed by atoms with Crippen molar-refractivity contribution < 1.29 is 9.90 Å². The first-order valence-corrected chi connectivity index (χ1v) is 9.97. The molecular weight excluding hydrogens is 312 g/mol. The quantitative estimate of drug-likeness (QED) is 0.192. The van der Waals surface area contributed by atoms with Gasteiger partial charge in [0.15, 0.2) is 0 Å². The van der Waals surface area contributed by atoms with Gasteiger partial charge in [0.05, 0.1) is 0 Å². The zero-order valence-corrected chi connectivity index (χ0v) is 17.4. The zero-order chi connectivity index (χ0) is 17.6. The van der Waals surface area contributed by atoms with Crippen molar-refractivity contribution in [3.05, 3.63) is 12.7 Å². The summed E-state index contributed by atoms with van der Waals surface area (Å²) in [5, 5.41) is 8.52. The number of allylic oxidation sites excluding steroid dienone is 1. The number of carboxylic acid groups (broad SMARTS) is 1. The fourth-order valence-corrected chi connectivity index (χ4v) is 2.65. The van der Waals surface area contributed by atoms with Crippen LogP contribution in [0.1, 0.15) is 117 Å². The molecule has 0 amide bonds. The van der Waals surface area contributed by atoms with Gasteiger partial charge in [0.25, 0.3) is 0 Å². The summed E-state index contributed by atoms with van der Waals surface area (Å²) < 4.78 is 0. The summed E-state index contributed by atoms with van der Waals surface area (Å²) in [6.07, 6.45) is 21.9. The summed E-state index contributed by atoms with van der Waals surface area (Å²) in [5.74, 6) is -0.653. The second-order valence-electron chi connectivity index (χ2n) is 6.50. The summed E-state index contributed by atoms with van der Waals surface area (Å²) in [6, 6.07) is 0. The van der Waals surface area contributed by atoms with Gasteiger partial charge in [-0.25, -0.2) is 0 Å². The molecule has 0 aromatic rings. The van der Waals surface area contributed by atoms with E-state index >= 15 is 0 Å². The molecule has 25 heavy (non-hydrogen) atoms. The lowest BCUT2D eigenvalue weighted by Crippen LogP contribution is -1.93. The maximum Gasteiger partial charge on any atom is 0.303 e. The van der Waals surface area contributed by atoms with E-state index in [9.17, 15) is 4.79 Å². The number of aliphatic carboxylic acids is 1. The molecule has 0 unspecified atom stereocenters.